The summed E-state index contributed by atoms with van der Waals surface area (Å²) in [5.41, 5.74) is 0. The van der Waals surface area contributed by atoms with Crippen LogP contribution in [0.15, 0.2) is 16.7 Å². The number of aromatic amines is 1. The molecule has 31 valence electrons. The van der Waals surface area contributed by atoms with Gasteiger partial charge in [-0.25, -0.2) is 0 Å². The van der Waals surface area contributed by atoms with Crippen molar-refractivity contribution in [2.45, 2.75) is 0 Å². The van der Waals surface area contributed by atoms with E-state index in [1.165, 1.54) is 0 Å². The van der Waals surface area contributed by atoms with Gasteiger partial charge in [-0.2, -0.15) is 0 Å². The molecule has 0 aromatic carbocycles. The van der Waals surface area contributed by atoms with E-state index in [0.29, 0.717) is 0 Å². The van der Waals surface area contributed by atoms with Crippen molar-refractivity contribution in [3.8, 4) is 0 Å². The molecule has 0 saturated carbocycles. The highest BCUT2D eigenvalue weighted by atomic mass is 79.9. The first-order chi connectivity index (χ1) is 2.89. The third kappa shape index (κ3) is 0.627. The molecule has 0 aliphatic carbocycles. The first kappa shape index (κ1) is 3.93. The van der Waals surface area contributed by atoms with Gasteiger partial charge in [0.15, 0.2) is 0 Å². The van der Waals surface area contributed by atoms with Gasteiger partial charge in [0.1, 0.15) is 0 Å². The van der Waals surface area contributed by atoms with Crippen molar-refractivity contribution in [1.82, 2.24) is 4.98 Å². The van der Waals surface area contributed by atoms with Crippen LogP contribution in [0, 0.1) is 6.20 Å². The Morgan fingerprint density at radius 3 is 2.83 bits per heavy atom. The quantitative estimate of drug-likeness (QED) is 0.570. The average molecular weight is 145 g/mol. The van der Waals surface area contributed by atoms with E-state index in [0.717, 1.165) is 4.47 Å². The molecule has 0 atom stereocenters. The second-order valence-corrected chi connectivity index (χ2v) is 1.80. The molecule has 0 saturated heterocycles. The molecular formula is C4H3BrN. The van der Waals surface area contributed by atoms with Gasteiger partial charge in [0.2, 0.25) is 0 Å². The van der Waals surface area contributed by atoms with Crippen LogP contribution in [0.3, 0.4) is 0 Å². The third-order valence-corrected chi connectivity index (χ3v) is 0.967. The molecule has 1 heterocycles. The molecule has 6 heavy (non-hydrogen) atoms. The maximum atomic E-state index is 3.19. The Bertz CT molecular complexity index is 111. The zero-order valence-electron chi connectivity index (χ0n) is 3.03. The van der Waals surface area contributed by atoms with E-state index in [1.54, 1.807) is 0 Å². The van der Waals surface area contributed by atoms with Gasteiger partial charge >= 0.3 is 0 Å². The Morgan fingerprint density at radius 2 is 2.67 bits per heavy atom. The van der Waals surface area contributed by atoms with Crippen molar-refractivity contribution >= 4 is 15.9 Å². The van der Waals surface area contributed by atoms with Crippen LogP contribution in [0.5, 0.6) is 0 Å². The van der Waals surface area contributed by atoms with Gasteiger partial charge in [0.25, 0.3) is 0 Å². The van der Waals surface area contributed by atoms with Gasteiger partial charge in [0.05, 0.1) is 6.20 Å². The summed E-state index contributed by atoms with van der Waals surface area (Å²) in [5.74, 6) is 0. The van der Waals surface area contributed by atoms with E-state index in [9.17, 15) is 0 Å². The van der Waals surface area contributed by atoms with Crippen molar-refractivity contribution in [1.29, 1.82) is 0 Å². The fourth-order valence-corrected chi connectivity index (χ4v) is 0.514. The summed E-state index contributed by atoms with van der Waals surface area (Å²) in [4.78, 5) is 2.76. The van der Waals surface area contributed by atoms with Crippen LogP contribution >= 0.6 is 15.9 Å². The standard InChI is InChI=1S/C4H3BrN/c5-4-1-2-6-3-4/h1-2,6H. The summed E-state index contributed by atoms with van der Waals surface area (Å²) in [6.45, 7) is 0. The van der Waals surface area contributed by atoms with Crippen LogP contribution < -0.4 is 0 Å². The Labute approximate surface area is 44.5 Å². The molecule has 1 aromatic rings. The molecule has 1 radical (unpaired) electrons. The number of hydrogen-bond acceptors (Lipinski definition) is 0. The topological polar surface area (TPSA) is 15.8 Å². The molecule has 0 bridgehead atoms. The van der Waals surface area contributed by atoms with Gasteiger partial charge in [-0.15, -0.1) is 0 Å². The molecule has 1 rings (SSSR count). The summed E-state index contributed by atoms with van der Waals surface area (Å²) in [7, 11) is 0. The fraction of sp³-hybridized carbons (Fsp3) is 0. The number of rotatable bonds is 0. The predicted molar refractivity (Wildman–Crippen MR) is 27.3 cm³/mol. The molecule has 1 aromatic heterocycles. The van der Waals surface area contributed by atoms with Gasteiger partial charge < -0.3 is 4.98 Å². The summed E-state index contributed by atoms with van der Waals surface area (Å²) >= 11 is 3.19. The van der Waals surface area contributed by atoms with Gasteiger partial charge in [-0.3, -0.25) is 0 Å². The minimum Gasteiger partial charge on any atom is -0.359 e. The van der Waals surface area contributed by atoms with E-state index in [1.807, 2.05) is 12.3 Å². The molecule has 0 fully saturated rings. The minimum absolute atomic E-state index is 0.975. The van der Waals surface area contributed by atoms with Gasteiger partial charge in [-0.05, 0) is 22.0 Å². The molecule has 0 aliphatic heterocycles. The molecule has 0 amide bonds. The van der Waals surface area contributed by atoms with Crippen LogP contribution in [0.1, 0.15) is 0 Å². The largest absolute Gasteiger partial charge is 0.359 e. The van der Waals surface area contributed by atoms with Gasteiger partial charge in [-0.1, -0.05) is 0 Å². The monoisotopic (exact) mass is 144 g/mol. The van der Waals surface area contributed by atoms with Crippen LogP contribution in [-0.4, -0.2) is 4.98 Å². The zero-order chi connectivity index (χ0) is 4.41. The summed E-state index contributed by atoms with van der Waals surface area (Å²) in [6, 6.07) is 1.89. The van der Waals surface area contributed by atoms with E-state index in [4.69, 9.17) is 0 Å². The Hall–Kier alpha value is -0.240. The van der Waals surface area contributed by atoms with Crippen molar-refractivity contribution in [3.05, 3.63) is 22.9 Å². The lowest BCUT2D eigenvalue weighted by atomic mass is 10.7. The highest BCUT2D eigenvalue weighted by molar-refractivity contribution is 9.10. The van der Waals surface area contributed by atoms with Crippen LogP contribution in [0.4, 0.5) is 0 Å². The Kier molecular flexibility index (Phi) is 0.965. The van der Waals surface area contributed by atoms with E-state index in [2.05, 4.69) is 27.1 Å². The lowest BCUT2D eigenvalue weighted by Gasteiger charge is -1.60. The molecular weight excluding hydrogens is 142 g/mol. The molecule has 0 spiro atoms. The smallest absolute Gasteiger partial charge is 0.0775 e. The second-order valence-electron chi connectivity index (χ2n) is 0.951. The molecule has 0 aliphatic rings. The predicted octanol–water partition coefficient (Wildman–Crippen LogP) is 1.58. The molecule has 0 unspecified atom stereocenters. The number of aromatic nitrogens is 1. The van der Waals surface area contributed by atoms with Crippen molar-refractivity contribution in [2.75, 3.05) is 0 Å². The minimum atomic E-state index is 0.975. The van der Waals surface area contributed by atoms with Crippen LogP contribution in [0.25, 0.3) is 0 Å². The van der Waals surface area contributed by atoms with E-state index >= 15 is 0 Å². The lowest BCUT2D eigenvalue weighted by Crippen LogP contribution is -1.44. The molecule has 1 N–H and O–H groups in total. The van der Waals surface area contributed by atoms with Crippen molar-refractivity contribution in [2.24, 2.45) is 0 Å². The lowest BCUT2D eigenvalue weighted by molar-refractivity contribution is 1.39. The number of nitrogens with one attached hydrogen (secondary N) is 1. The highest BCUT2D eigenvalue weighted by Crippen LogP contribution is 2.02. The van der Waals surface area contributed by atoms with Crippen LogP contribution in [-0.2, 0) is 0 Å². The number of halogens is 1. The van der Waals surface area contributed by atoms with Gasteiger partial charge in [0, 0.05) is 10.7 Å². The van der Waals surface area contributed by atoms with Crippen LogP contribution in [0.2, 0.25) is 0 Å². The molecule has 2 heteroatoms. The third-order valence-electron chi connectivity index (χ3n) is 0.505. The average Bonchev–Trinajstić information content (AvgIpc) is 1.86. The Balaban J connectivity index is 3.05. The molecule has 1 nitrogen and oxygen atoms in total. The van der Waals surface area contributed by atoms with E-state index in [-0.39, 0.29) is 0 Å². The van der Waals surface area contributed by atoms with Crippen molar-refractivity contribution in [3.63, 3.8) is 0 Å². The second kappa shape index (κ2) is 1.47. The fourth-order valence-electron chi connectivity index (χ4n) is 0.267. The Morgan fingerprint density at radius 1 is 1.83 bits per heavy atom. The SMILES string of the molecule is Brc1[c][nH]cc1. The summed E-state index contributed by atoms with van der Waals surface area (Å²) in [6.07, 6.45) is 4.60. The van der Waals surface area contributed by atoms with E-state index < -0.39 is 0 Å². The first-order valence-corrected chi connectivity index (χ1v) is 2.39. The first-order valence-electron chi connectivity index (χ1n) is 1.60. The number of H-pyrrole nitrogens is 1. The maximum Gasteiger partial charge on any atom is 0.0775 e. The van der Waals surface area contributed by atoms with Crippen molar-refractivity contribution < 1.29 is 0 Å². The highest BCUT2D eigenvalue weighted by Gasteiger charge is 1.77. The maximum absolute atomic E-state index is 3.19. The zero-order valence-corrected chi connectivity index (χ0v) is 4.62. The summed E-state index contributed by atoms with van der Waals surface area (Å²) in [5, 5.41) is 0. The normalized spacial score (nSPS) is 8.83. The summed E-state index contributed by atoms with van der Waals surface area (Å²) < 4.78 is 0.975. The number of hydrogen-bond donors (Lipinski definition) is 1.